The highest BCUT2D eigenvalue weighted by Crippen LogP contribution is 2.37. The van der Waals surface area contributed by atoms with Gasteiger partial charge in [0.05, 0.1) is 5.56 Å². The average molecular weight is 255 g/mol. The number of nitrogens with two attached hydrogens (primary N) is 2. The molecule has 0 saturated heterocycles. The van der Waals surface area contributed by atoms with Crippen molar-refractivity contribution in [1.29, 1.82) is 0 Å². The molecule has 0 fully saturated rings. The maximum absolute atomic E-state index is 12.2. The second-order valence-corrected chi connectivity index (χ2v) is 3.31. The van der Waals surface area contributed by atoms with Crippen LogP contribution < -0.4 is 11.5 Å². The average Bonchev–Trinajstić information content (AvgIpc) is 1.94. The molecule has 4 N–H and O–H groups in total. The molecule has 1 rings (SSSR count). The van der Waals surface area contributed by atoms with Gasteiger partial charge in [0.25, 0.3) is 0 Å². The molecule has 1 aromatic rings. The molecule has 0 spiro atoms. The van der Waals surface area contributed by atoms with Gasteiger partial charge in [-0.2, -0.15) is 13.2 Å². The third-order valence-corrected chi connectivity index (χ3v) is 2.16. The molecule has 0 aliphatic rings. The topological polar surface area (TPSA) is 52.0 Å². The zero-order valence-corrected chi connectivity index (χ0v) is 7.91. The highest BCUT2D eigenvalue weighted by atomic mass is 79.9. The first-order valence-corrected chi connectivity index (χ1v) is 4.03. The maximum Gasteiger partial charge on any atom is 0.418 e. The molecule has 6 heteroatoms. The monoisotopic (exact) mass is 254 g/mol. The second kappa shape index (κ2) is 3.10. The number of nitrogen functional groups attached to an aromatic ring is 2. The molecule has 0 heterocycles. The molecule has 0 saturated carbocycles. The Kier molecular flexibility index (Phi) is 2.42. The number of hydrogen-bond acceptors (Lipinski definition) is 2. The number of benzene rings is 1. The van der Waals surface area contributed by atoms with E-state index in [2.05, 4.69) is 15.9 Å². The minimum atomic E-state index is -4.46. The van der Waals surface area contributed by atoms with Gasteiger partial charge >= 0.3 is 6.18 Å². The summed E-state index contributed by atoms with van der Waals surface area (Å²) >= 11 is 2.97. The van der Waals surface area contributed by atoms with Crippen LogP contribution in [0.3, 0.4) is 0 Å². The van der Waals surface area contributed by atoms with Crippen molar-refractivity contribution < 1.29 is 13.2 Å². The van der Waals surface area contributed by atoms with Crippen LogP contribution in [0.25, 0.3) is 0 Å². The number of anilines is 2. The predicted octanol–water partition coefficient (Wildman–Crippen LogP) is 2.63. The lowest BCUT2D eigenvalue weighted by atomic mass is 10.1. The SMILES string of the molecule is Nc1cc(C(F)(F)F)c(N)cc1Br. The van der Waals surface area contributed by atoms with E-state index in [0.29, 0.717) is 4.47 Å². The van der Waals surface area contributed by atoms with Gasteiger partial charge in [-0.3, -0.25) is 0 Å². The lowest BCUT2D eigenvalue weighted by Crippen LogP contribution is -2.09. The lowest BCUT2D eigenvalue weighted by molar-refractivity contribution is -0.136. The van der Waals surface area contributed by atoms with Crippen LogP contribution in [0.4, 0.5) is 24.5 Å². The molecule has 0 bridgehead atoms. The van der Waals surface area contributed by atoms with Gasteiger partial charge in [-0.25, -0.2) is 0 Å². The molecule has 0 aliphatic carbocycles. The molecular weight excluding hydrogens is 249 g/mol. The molecule has 0 unspecified atom stereocenters. The Bertz CT molecular complexity index is 335. The lowest BCUT2D eigenvalue weighted by Gasteiger charge is -2.11. The summed E-state index contributed by atoms with van der Waals surface area (Å²) in [4.78, 5) is 0. The van der Waals surface area contributed by atoms with Crippen LogP contribution >= 0.6 is 15.9 Å². The zero-order chi connectivity index (χ0) is 10.2. The molecular formula is C7H6BrF3N2. The minimum absolute atomic E-state index is 0.0153. The van der Waals surface area contributed by atoms with Gasteiger partial charge < -0.3 is 11.5 Å². The molecule has 0 aromatic heterocycles. The van der Waals surface area contributed by atoms with Crippen LogP contribution in [-0.4, -0.2) is 0 Å². The summed E-state index contributed by atoms with van der Waals surface area (Å²) in [7, 11) is 0. The third kappa shape index (κ3) is 2.06. The highest BCUT2D eigenvalue weighted by molar-refractivity contribution is 9.10. The van der Waals surface area contributed by atoms with Crippen molar-refractivity contribution in [2.45, 2.75) is 6.18 Å². The largest absolute Gasteiger partial charge is 0.418 e. The molecule has 0 amide bonds. The number of rotatable bonds is 0. The van der Waals surface area contributed by atoms with Crippen molar-refractivity contribution in [3.63, 3.8) is 0 Å². The first kappa shape index (κ1) is 10.2. The van der Waals surface area contributed by atoms with Crippen molar-refractivity contribution in [3.05, 3.63) is 22.2 Å². The smallest absolute Gasteiger partial charge is 0.398 e. The summed E-state index contributed by atoms with van der Waals surface area (Å²) in [6, 6.07) is 1.94. The number of alkyl halides is 3. The highest BCUT2D eigenvalue weighted by Gasteiger charge is 2.33. The van der Waals surface area contributed by atoms with Gasteiger partial charge in [0.15, 0.2) is 0 Å². The summed E-state index contributed by atoms with van der Waals surface area (Å²) < 4.78 is 37.0. The van der Waals surface area contributed by atoms with Crippen molar-refractivity contribution in [1.82, 2.24) is 0 Å². The summed E-state index contributed by atoms with van der Waals surface area (Å²) in [5, 5.41) is 0. The second-order valence-electron chi connectivity index (χ2n) is 2.46. The summed E-state index contributed by atoms with van der Waals surface area (Å²) in [6.45, 7) is 0. The van der Waals surface area contributed by atoms with E-state index in [9.17, 15) is 13.2 Å². The van der Waals surface area contributed by atoms with E-state index in [4.69, 9.17) is 11.5 Å². The van der Waals surface area contributed by atoms with Gasteiger partial charge in [0, 0.05) is 15.8 Å². The van der Waals surface area contributed by atoms with Gasteiger partial charge in [-0.15, -0.1) is 0 Å². The van der Waals surface area contributed by atoms with E-state index >= 15 is 0 Å². The normalized spacial score (nSPS) is 11.7. The molecule has 1 aromatic carbocycles. The third-order valence-electron chi connectivity index (χ3n) is 1.47. The Morgan fingerprint density at radius 2 is 1.62 bits per heavy atom. The van der Waals surface area contributed by atoms with Gasteiger partial charge in [-0.05, 0) is 28.1 Å². The Hall–Kier alpha value is -0.910. The van der Waals surface area contributed by atoms with Gasteiger partial charge in [0.2, 0.25) is 0 Å². The molecule has 0 aliphatic heterocycles. The number of halogens is 4. The van der Waals surface area contributed by atoms with E-state index in [1.54, 1.807) is 0 Å². The summed E-state index contributed by atoms with van der Waals surface area (Å²) in [5.74, 6) is 0. The van der Waals surface area contributed by atoms with Crippen LogP contribution in [0.2, 0.25) is 0 Å². The van der Waals surface area contributed by atoms with E-state index in [1.807, 2.05) is 0 Å². The molecule has 0 atom stereocenters. The maximum atomic E-state index is 12.2. The van der Waals surface area contributed by atoms with Gasteiger partial charge in [0.1, 0.15) is 0 Å². The first-order chi connectivity index (χ1) is 5.82. The van der Waals surface area contributed by atoms with Crippen LogP contribution in [-0.2, 0) is 6.18 Å². The Labute approximate surface area is 80.8 Å². The molecule has 2 nitrogen and oxygen atoms in total. The fourth-order valence-corrected chi connectivity index (χ4v) is 1.21. The fourth-order valence-electron chi connectivity index (χ4n) is 0.851. The van der Waals surface area contributed by atoms with E-state index in [1.165, 1.54) is 0 Å². The minimum Gasteiger partial charge on any atom is -0.398 e. The quantitative estimate of drug-likeness (QED) is 0.700. The predicted molar refractivity (Wildman–Crippen MR) is 48.0 cm³/mol. The van der Waals surface area contributed by atoms with Crippen LogP contribution in [0, 0.1) is 0 Å². The van der Waals surface area contributed by atoms with E-state index < -0.39 is 11.7 Å². The van der Waals surface area contributed by atoms with Crippen molar-refractivity contribution in [3.8, 4) is 0 Å². The van der Waals surface area contributed by atoms with Crippen molar-refractivity contribution in [2.75, 3.05) is 11.5 Å². The Morgan fingerprint density at radius 3 is 2.08 bits per heavy atom. The molecule has 13 heavy (non-hydrogen) atoms. The van der Waals surface area contributed by atoms with Crippen LogP contribution in [0.5, 0.6) is 0 Å². The summed E-state index contributed by atoms with van der Waals surface area (Å²) in [6.07, 6.45) is -4.46. The molecule has 72 valence electrons. The van der Waals surface area contributed by atoms with E-state index in [-0.39, 0.29) is 11.4 Å². The van der Waals surface area contributed by atoms with Crippen molar-refractivity contribution >= 4 is 27.3 Å². The van der Waals surface area contributed by atoms with Crippen molar-refractivity contribution in [2.24, 2.45) is 0 Å². The van der Waals surface area contributed by atoms with Crippen LogP contribution in [0.1, 0.15) is 5.56 Å². The van der Waals surface area contributed by atoms with E-state index in [0.717, 1.165) is 12.1 Å². The zero-order valence-electron chi connectivity index (χ0n) is 6.32. The van der Waals surface area contributed by atoms with Gasteiger partial charge in [-0.1, -0.05) is 0 Å². The Morgan fingerprint density at radius 1 is 1.08 bits per heavy atom. The Balaban J connectivity index is 3.32. The molecule has 0 radical (unpaired) electrons. The summed E-state index contributed by atoms with van der Waals surface area (Å²) in [5.41, 5.74) is 9.22. The van der Waals surface area contributed by atoms with Crippen LogP contribution in [0.15, 0.2) is 16.6 Å². The first-order valence-electron chi connectivity index (χ1n) is 3.24. The standard InChI is InChI=1S/C7H6BrF3N2/c8-4-2-5(12)3(1-6(4)13)7(9,10)11/h1-2H,12-13H2. The fraction of sp³-hybridized carbons (Fsp3) is 0.143. The number of hydrogen-bond donors (Lipinski definition) is 2.